The molecule has 0 saturated carbocycles. The van der Waals surface area contributed by atoms with Gasteiger partial charge in [0.05, 0.1) is 16.7 Å². The zero-order valence-corrected chi connectivity index (χ0v) is 12.1. The van der Waals surface area contributed by atoms with E-state index >= 15 is 0 Å². The highest BCUT2D eigenvalue weighted by atomic mass is 16.6. The Balaban J connectivity index is 2.41. The molecule has 21 heavy (non-hydrogen) atoms. The van der Waals surface area contributed by atoms with Gasteiger partial charge in [-0.15, -0.1) is 0 Å². The van der Waals surface area contributed by atoms with Crippen LogP contribution in [-0.4, -0.2) is 29.5 Å². The monoisotopic (exact) mass is 293 g/mol. The molecular formula is C14H19N3O4. The highest BCUT2D eigenvalue weighted by molar-refractivity contribution is 6.00. The predicted molar refractivity (Wildman–Crippen MR) is 78.4 cm³/mol. The number of hydrogen-bond donors (Lipinski definition) is 1. The Kier molecular flexibility index (Phi) is 4.42. The number of carbonyl (C=O) groups is 1. The summed E-state index contributed by atoms with van der Waals surface area (Å²) in [5, 5.41) is 10.9. The number of hydrogen-bond acceptors (Lipinski definition) is 5. The number of fused-ring (bicyclic) bond motifs is 1. The smallest absolute Gasteiger partial charge is 0.273 e. The quantitative estimate of drug-likeness (QED) is 0.659. The summed E-state index contributed by atoms with van der Waals surface area (Å²) in [6.07, 6.45) is 0.617. The third kappa shape index (κ3) is 2.97. The van der Waals surface area contributed by atoms with E-state index in [0.717, 1.165) is 6.42 Å². The van der Waals surface area contributed by atoms with Crippen LogP contribution in [0.25, 0.3) is 0 Å². The first-order valence-electron chi connectivity index (χ1n) is 7.00. The molecule has 1 aliphatic heterocycles. The summed E-state index contributed by atoms with van der Waals surface area (Å²) in [6, 6.07) is 4.12. The summed E-state index contributed by atoms with van der Waals surface area (Å²) >= 11 is 0. The Morgan fingerprint density at radius 1 is 1.48 bits per heavy atom. The third-order valence-electron chi connectivity index (χ3n) is 3.57. The molecule has 0 bridgehead atoms. The lowest BCUT2D eigenvalue weighted by Crippen LogP contribution is -2.49. The highest BCUT2D eigenvalue weighted by Crippen LogP contribution is 2.37. The molecule has 1 aliphatic rings. The van der Waals surface area contributed by atoms with Gasteiger partial charge in [0, 0.05) is 18.7 Å². The lowest BCUT2D eigenvalue weighted by Gasteiger charge is -2.35. The van der Waals surface area contributed by atoms with Crippen molar-refractivity contribution in [2.24, 2.45) is 5.73 Å². The van der Waals surface area contributed by atoms with E-state index in [1.807, 2.05) is 13.8 Å². The van der Waals surface area contributed by atoms with Crippen molar-refractivity contribution in [2.45, 2.75) is 38.8 Å². The van der Waals surface area contributed by atoms with Crippen LogP contribution in [0.2, 0.25) is 0 Å². The molecule has 0 aliphatic carbocycles. The fraction of sp³-hybridized carbons (Fsp3) is 0.500. The van der Waals surface area contributed by atoms with Gasteiger partial charge in [-0.25, -0.2) is 0 Å². The van der Waals surface area contributed by atoms with Crippen molar-refractivity contribution < 1.29 is 14.5 Å². The second-order valence-electron chi connectivity index (χ2n) is 5.04. The Hall–Kier alpha value is -2.15. The minimum absolute atomic E-state index is 0.0577. The van der Waals surface area contributed by atoms with Crippen LogP contribution >= 0.6 is 0 Å². The van der Waals surface area contributed by atoms with Crippen LogP contribution in [-0.2, 0) is 4.79 Å². The number of non-ortho nitro benzene ring substituents is 1. The second kappa shape index (κ2) is 6.09. The van der Waals surface area contributed by atoms with Crippen LogP contribution in [0, 0.1) is 10.1 Å². The van der Waals surface area contributed by atoms with E-state index in [9.17, 15) is 14.9 Å². The van der Waals surface area contributed by atoms with Gasteiger partial charge in [0.15, 0.2) is 11.9 Å². The van der Waals surface area contributed by atoms with Crippen LogP contribution in [0.1, 0.15) is 26.7 Å². The normalized spacial score (nSPS) is 18.9. The summed E-state index contributed by atoms with van der Waals surface area (Å²) in [5.74, 6) is 0.210. The number of benzene rings is 1. The molecule has 2 unspecified atom stereocenters. The number of nitrogens with two attached hydrogens (primary N) is 1. The van der Waals surface area contributed by atoms with E-state index in [1.165, 1.54) is 12.1 Å². The Bertz CT molecular complexity index is 561. The van der Waals surface area contributed by atoms with Crippen LogP contribution in [0.3, 0.4) is 0 Å². The zero-order chi connectivity index (χ0) is 15.6. The summed E-state index contributed by atoms with van der Waals surface area (Å²) in [6.45, 7) is 4.16. The molecule has 2 rings (SSSR count). The van der Waals surface area contributed by atoms with Crippen molar-refractivity contribution >= 4 is 17.3 Å². The van der Waals surface area contributed by atoms with Crippen molar-refractivity contribution in [3.05, 3.63) is 28.3 Å². The molecule has 0 aromatic heterocycles. The number of anilines is 1. The van der Waals surface area contributed by atoms with E-state index < -0.39 is 11.0 Å². The first-order valence-corrected chi connectivity index (χ1v) is 7.00. The maximum Gasteiger partial charge on any atom is 0.273 e. The summed E-state index contributed by atoms with van der Waals surface area (Å²) in [4.78, 5) is 24.3. The molecule has 0 spiro atoms. The van der Waals surface area contributed by atoms with E-state index in [2.05, 4.69) is 0 Å². The number of nitro benzene ring substituents is 1. The molecule has 1 aromatic rings. The molecule has 114 valence electrons. The first kappa shape index (κ1) is 15.2. The minimum atomic E-state index is -0.622. The van der Waals surface area contributed by atoms with E-state index in [4.69, 9.17) is 10.5 Å². The van der Waals surface area contributed by atoms with Crippen LogP contribution in [0.15, 0.2) is 18.2 Å². The number of amides is 1. The van der Waals surface area contributed by atoms with E-state index in [-0.39, 0.29) is 17.6 Å². The second-order valence-corrected chi connectivity index (χ2v) is 5.04. The van der Waals surface area contributed by atoms with Gasteiger partial charge in [-0.2, -0.15) is 0 Å². The largest absolute Gasteiger partial charge is 0.478 e. The number of rotatable bonds is 5. The van der Waals surface area contributed by atoms with Gasteiger partial charge in [-0.3, -0.25) is 14.9 Å². The number of nitro groups is 1. The van der Waals surface area contributed by atoms with Gasteiger partial charge >= 0.3 is 0 Å². The summed E-state index contributed by atoms with van der Waals surface area (Å²) < 4.78 is 5.59. The third-order valence-corrected chi connectivity index (χ3v) is 3.57. The topological polar surface area (TPSA) is 98.7 Å². The average molecular weight is 293 g/mol. The maximum atomic E-state index is 12.4. The van der Waals surface area contributed by atoms with Gasteiger partial charge in [0.2, 0.25) is 0 Å². The van der Waals surface area contributed by atoms with Gasteiger partial charge in [-0.05, 0) is 18.9 Å². The molecule has 2 N–H and O–H groups in total. The lowest BCUT2D eigenvalue weighted by molar-refractivity contribution is -0.384. The van der Waals surface area contributed by atoms with Gasteiger partial charge in [0.1, 0.15) is 0 Å². The molecular weight excluding hydrogens is 274 g/mol. The first-order chi connectivity index (χ1) is 9.97. The van der Waals surface area contributed by atoms with Gasteiger partial charge in [0.25, 0.3) is 11.6 Å². The Morgan fingerprint density at radius 3 is 2.76 bits per heavy atom. The molecule has 7 nitrogen and oxygen atoms in total. The van der Waals surface area contributed by atoms with Crippen molar-refractivity contribution in [3.8, 4) is 5.75 Å². The lowest BCUT2D eigenvalue weighted by atomic mass is 10.1. The fourth-order valence-corrected chi connectivity index (χ4v) is 2.24. The number of ether oxygens (including phenoxy) is 1. The summed E-state index contributed by atoms with van der Waals surface area (Å²) in [7, 11) is 0. The Morgan fingerprint density at radius 2 is 2.19 bits per heavy atom. The molecule has 1 amide bonds. The van der Waals surface area contributed by atoms with Crippen molar-refractivity contribution in [1.29, 1.82) is 0 Å². The van der Waals surface area contributed by atoms with Crippen molar-refractivity contribution in [1.82, 2.24) is 0 Å². The van der Waals surface area contributed by atoms with Gasteiger partial charge < -0.3 is 15.4 Å². The van der Waals surface area contributed by atoms with E-state index in [0.29, 0.717) is 24.4 Å². The zero-order valence-electron chi connectivity index (χ0n) is 12.1. The predicted octanol–water partition coefficient (Wildman–Crippen LogP) is 1.84. The van der Waals surface area contributed by atoms with E-state index in [1.54, 1.807) is 11.0 Å². The number of nitrogens with zero attached hydrogens (tertiary/aromatic N) is 2. The SMILES string of the molecule is CCC(N)CN1C(=O)C(CC)Oc2cc([N+](=O)[O-])ccc21. The fourth-order valence-electron chi connectivity index (χ4n) is 2.24. The maximum absolute atomic E-state index is 12.4. The van der Waals surface area contributed by atoms with Crippen molar-refractivity contribution in [2.75, 3.05) is 11.4 Å². The number of carbonyl (C=O) groups excluding carboxylic acids is 1. The standard InChI is InChI=1S/C14H19N3O4/c1-3-9(15)8-16-11-6-5-10(17(19)20)7-13(11)21-12(4-2)14(16)18/h5-7,9,12H,3-4,8,15H2,1-2H3. The molecule has 7 heteroatoms. The minimum Gasteiger partial charge on any atom is -0.478 e. The highest BCUT2D eigenvalue weighted by Gasteiger charge is 2.34. The Labute approximate surface area is 122 Å². The van der Waals surface area contributed by atoms with Gasteiger partial charge in [-0.1, -0.05) is 13.8 Å². The van der Waals surface area contributed by atoms with Crippen LogP contribution in [0.4, 0.5) is 11.4 Å². The summed E-state index contributed by atoms with van der Waals surface area (Å²) in [5.41, 5.74) is 6.43. The molecule has 1 heterocycles. The molecule has 1 aromatic carbocycles. The molecule has 0 radical (unpaired) electrons. The molecule has 2 atom stereocenters. The molecule has 0 fully saturated rings. The van der Waals surface area contributed by atoms with Crippen LogP contribution < -0.4 is 15.4 Å². The average Bonchev–Trinajstić information content (AvgIpc) is 2.48. The van der Waals surface area contributed by atoms with Crippen molar-refractivity contribution in [3.63, 3.8) is 0 Å². The molecule has 0 saturated heterocycles. The van der Waals surface area contributed by atoms with Crippen LogP contribution in [0.5, 0.6) is 5.75 Å².